The van der Waals surface area contributed by atoms with Crippen molar-refractivity contribution in [3.63, 3.8) is 0 Å². The summed E-state index contributed by atoms with van der Waals surface area (Å²) < 4.78 is 18.8. The van der Waals surface area contributed by atoms with Gasteiger partial charge in [0.2, 0.25) is 5.91 Å². The first-order valence-corrected chi connectivity index (χ1v) is 10.5. The van der Waals surface area contributed by atoms with E-state index in [2.05, 4.69) is 15.5 Å². The maximum Gasteiger partial charge on any atom is 0.324 e. The fourth-order valence-electron chi connectivity index (χ4n) is 3.88. The van der Waals surface area contributed by atoms with Crippen LogP contribution in [0.15, 0.2) is 48.5 Å². The highest BCUT2D eigenvalue weighted by Gasteiger charge is 2.28. The third-order valence-electron chi connectivity index (χ3n) is 5.69. The van der Waals surface area contributed by atoms with Gasteiger partial charge in [0.25, 0.3) is 5.91 Å². The van der Waals surface area contributed by atoms with Crippen LogP contribution in [0.25, 0.3) is 0 Å². The molecule has 2 aliphatic heterocycles. The first-order valence-electron chi connectivity index (χ1n) is 10.5. The molecule has 8 nitrogen and oxygen atoms in total. The molecular formula is C23H25FN4O4. The van der Waals surface area contributed by atoms with Crippen LogP contribution in [0.2, 0.25) is 0 Å². The number of carbonyl (C=O) groups is 3. The van der Waals surface area contributed by atoms with E-state index in [9.17, 15) is 18.8 Å². The molecule has 32 heavy (non-hydrogen) atoms. The molecule has 4 amide bonds. The number of amides is 4. The Balaban J connectivity index is 1.39. The van der Waals surface area contributed by atoms with Crippen molar-refractivity contribution in [3.8, 4) is 0 Å². The molecule has 0 aliphatic carbocycles. The van der Waals surface area contributed by atoms with Gasteiger partial charge in [0, 0.05) is 25.2 Å². The minimum atomic E-state index is -0.410. The molecule has 2 saturated heterocycles. The quantitative estimate of drug-likeness (QED) is 0.640. The SMILES string of the molecule is O=C(NC[C@@H](c1ccc(F)cc1)N1CCOCC1)c1ccc(CN2C(=O)CNC2=O)cc1. The molecule has 0 spiro atoms. The highest BCUT2D eigenvalue weighted by molar-refractivity contribution is 6.01. The van der Waals surface area contributed by atoms with Crippen LogP contribution >= 0.6 is 0 Å². The first kappa shape index (κ1) is 21.9. The standard InChI is InChI=1S/C23H25FN4O4/c24-19-7-5-17(6-8-19)20(27-9-11-32-12-10-27)13-25-22(30)18-3-1-16(2-4-18)15-28-21(29)14-26-23(28)31/h1-8,20H,9-15H2,(H,25,30)(H,26,31)/t20-/m0/s1. The first-order chi connectivity index (χ1) is 15.5. The minimum absolute atomic E-state index is 0.0116. The second-order valence-electron chi connectivity index (χ2n) is 7.76. The van der Waals surface area contributed by atoms with Gasteiger partial charge in [-0.3, -0.25) is 19.4 Å². The van der Waals surface area contributed by atoms with Gasteiger partial charge < -0.3 is 15.4 Å². The van der Waals surface area contributed by atoms with E-state index in [1.165, 1.54) is 12.1 Å². The number of carbonyl (C=O) groups excluding carboxylic acids is 3. The number of nitrogens with one attached hydrogen (secondary N) is 2. The van der Waals surface area contributed by atoms with Gasteiger partial charge in [-0.05, 0) is 35.4 Å². The Bertz CT molecular complexity index is 958. The molecule has 4 rings (SSSR count). The van der Waals surface area contributed by atoms with Crippen molar-refractivity contribution in [2.45, 2.75) is 12.6 Å². The van der Waals surface area contributed by atoms with Crippen LogP contribution in [0.3, 0.4) is 0 Å². The number of rotatable bonds is 7. The fourth-order valence-corrected chi connectivity index (χ4v) is 3.88. The van der Waals surface area contributed by atoms with E-state index in [0.717, 1.165) is 29.1 Å². The zero-order valence-electron chi connectivity index (χ0n) is 17.6. The van der Waals surface area contributed by atoms with Gasteiger partial charge in [0.1, 0.15) is 5.82 Å². The monoisotopic (exact) mass is 440 g/mol. The zero-order valence-corrected chi connectivity index (χ0v) is 17.6. The smallest absolute Gasteiger partial charge is 0.324 e. The maximum absolute atomic E-state index is 13.4. The third-order valence-corrected chi connectivity index (χ3v) is 5.69. The normalized spacial score (nSPS) is 17.8. The van der Waals surface area contributed by atoms with Gasteiger partial charge in [-0.1, -0.05) is 24.3 Å². The number of nitrogens with zero attached hydrogens (tertiary/aromatic N) is 2. The number of ether oxygens (including phenoxy) is 1. The van der Waals surface area contributed by atoms with Gasteiger partial charge in [-0.15, -0.1) is 0 Å². The summed E-state index contributed by atoms with van der Waals surface area (Å²) in [5.41, 5.74) is 2.16. The Labute approximate surface area is 185 Å². The van der Waals surface area contributed by atoms with Gasteiger partial charge in [-0.2, -0.15) is 0 Å². The van der Waals surface area contributed by atoms with Crippen molar-refractivity contribution in [1.82, 2.24) is 20.4 Å². The predicted molar refractivity (Wildman–Crippen MR) is 114 cm³/mol. The second-order valence-corrected chi connectivity index (χ2v) is 7.76. The zero-order chi connectivity index (χ0) is 22.5. The van der Waals surface area contributed by atoms with Crippen LogP contribution in [0.5, 0.6) is 0 Å². The van der Waals surface area contributed by atoms with E-state index in [-0.39, 0.29) is 36.8 Å². The molecule has 2 N–H and O–H groups in total. The fraction of sp³-hybridized carbons (Fsp3) is 0.348. The number of benzene rings is 2. The molecule has 2 aromatic carbocycles. The van der Waals surface area contributed by atoms with Gasteiger partial charge in [-0.25, -0.2) is 9.18 Å². The molecule has 168 valence electrons. The third kappa shape index (κ3) is 5.12. The number of hydrogen-bond donors (Lipinski definition) is 2. The van der Waals surface area contributed by atoms with Crippen molar-refractivity contribution in [2.75, 3.05) is 39.4 Å². The number of hydrogen-bond acceptors (Lipinski definition) is 5. The summed E-state index contributed by atoms with van der Waals surface area (Å²) in [7, 11) is 0. The van der Waals surface area contributed by atoms with Crippen LogP contribution in [0.1, 0.15) is 27.5 Å². The number of morpholine rings is 1. The number of imide groups is 1. The van der Waals surface area contributed by atoms with Crippen LogP contribution in [-0.2, 0) is 16.1 Å². The Hall–Kier alpha value is -3.30. The second kappa shape index (κ2) is 9.88. The van der Waals surface area contributed by atoms with Crippen molar-refractivity contribution in [3.05, 3.63) is 71.0 Å². The number of urea groups is 1. The molecule has 0 aromatic heterocycles. The van der Waals surface area contributed by atoms with Crippen molar-refractivity contribution >= 4 is 17.8 Å². The molecule has 2 heterocycles. The van der Waals surface area contributed by atoms with E-state index < -0.39 is 6.03 Å². The summed E-state index contributed by atoms with van der Waals surface area (Å²) in [5.74, 6) is -0.801. The Morgan fingerprint density at radius 1 is 1.06 bits per heavy atom. The van der Waals surface area contributed by atoms with Crippen molar-refractivity contribution in [1.29, 1.82) is 0 Å². The summed E-state index contributed by atoms with van der Waals surface area (Å²) in [6.45, 7) is 3.24. The maximum atomic E-state index is 13.4. The summed E-state index contributed by atoms with van der Waals surface area (Å²) >= 11 is 0. The van der Waals surface area contributed by atoms with Gasteiger partial charge >= 0.3 is 6.03 Å². The Morgan fingerprint density at radius 3 is 2.38 bits per heavy atom. The molecule has 9 heteroatoms. The molecule has 0 bridgehead atoms. The lowest BCUT2D eigenvalue weighted by atomic mass is 10.0. The molecule has 1 atom stereocenters. The molecule has 2 fully saturated rings. The number of halogens is 1. The highest BCUT2D eigenvalue weighted by atomic mass is 19.1. The topological polar surface area (TPSA) is 91.0 Å². The molecule has 0 radical (unpaired) electrons. The lowest BCUT2D eigenvalue weighted by molar-refractivity contribution is -0.125. The molecular weight excluding hydrogens is 415 g/mol. The molecule has 2 aliphatic rings. The van der Waals surface area contributed by atoms with E-state index in [1.807, 2.05) is 0 Å². The largest absolute Gasteiger partial charge is 0.379 e. The van der Waals surface area contributed by atoms with E-state index in [4.69, 9.17) is 4.74 Å². The summed E-state index contributed by atoms with van der Waals surface area (Å²) in [5, 5.41) is 5.45. The Kier molecular flexibility index (Phi) is 6.77. The van der Waals surface area contributed by atoms with Crippen LogP contribution in [0, 0.1) is 5.82 Å². The molecule has 2 aromatic rings. The summed E-state index contributed by atoms with van der Waals surface area (Å²) in [6.07, 6.45) is 0. The van der Waals surface area contributed by atoms with Crippen molar-refractivity contribution in [2.24, 2.45) is 0 Å². The predicted octanol–water partition coefficient (Wildman–Crippen LogP) is 1.68. The van der Waals surface area contributed by atoms with E-state index >= 15 is 0 Å². The van der Waals surface area contributed by atoms with Crippen LogP contribution < -0.4 is 10.6 Å². The molecule has 0 saturated carbocycles. The summed E-state index contributed by atoms with van der Waals surface area (Å²) in [4.78, 5) is 39.5. The van der Waals surface area contributed by atoms with Crippen LogP contribution in [0.4, 0.5) is 9.18 Å². The van der Waals surface area contributed by atoms with E-state index in [0.29, 0.717) is 25.3 Å². The lowest BCUT2D eigenvalue weighted by Crippen LogP contribution is -2.43. The van der Waals surface area contributed by atoms with Crippen molar-refractivity contribution < 1.29 is 23.5 Å². The average Bonchev–Trinajstić information content (AvgIpc) is 3.13. The van der Waals surface area contributed by atoms with Crippen LogP contribution in [-0.4, -0.2) is 67.0 Å². The Morgan fingerprint density at radius 2 is 1.75 bits per heavy atom. The van der Waals surface area contributed by atoms with E-state index in [1.54, 1.807) is 36.4 Å². The highest BCUT2D eigenvalue weighted by Crippen LogP contribution is 2.22. The molecule has 0 unspecified atom stereocenters. The lowest BCUT2D eigenvalue weighted by Gasteiger charge is -2.35. The van der Waals surface area contributed by atoms with Gasteiger partial charge in [0.05, 0.1) is 32.3 Å². The minimum Gasteiger partial charge on any atom is -0.379 e. The van der Waals surface area contributed by atoms with Gasteiger partial charge in [0.15, 0.2) is 0 Å². The average molecular weight is 440 g/mol. The summed E-state index contributed by atoms with van der Waals surface area (Å²) in [6, 6.07) is 12.6.